The number of nitrogen functional groups attached to an aromatic ring is 1. The molecule has 118 valence electrons. The van der Waals surface area contributed by atoms with Gasteiger partial charge >= 0.3 is 0 Å². The van der Waals surface area contributed by atoms with Crippen molar-refractivity contribution in [3.05, 3.63) is 66.5 Å². The van der Waals surface area contributed by atoms with Crippen LogP contribution in [0.2, 0.25) is 0 Å². The molecule has 0 atom stereocenters. The molecule has 0 spiro atoms. The number of nitrogens with zero attached hydrogens (tertiary/aromatic N) is 3. The topological polar surface area (TPSA) is 56.7 Å². The Morgan fingerprint density at radius 2 is 1.79 bits per heavy atom. The van der Waals surface area contributed by atoms with Crippen LogP contribution in [0.15, 0.2) is 60.9 Å². The van der Waals surface area contributed by atoms with Crippen molar-refractivity contribution in [2.45, 2.75) is 6.92 Å². The summed E-state index contributed by atoms with van der Waals surface area (Å²) in [4.78, 5) is 4.37. The van der Waals surface area contributed by atoms with Crippen molar-refractivity contribution in [1.29, 1.82) is 0 Å². The molecule has 4 rings (SSSR count). The first-order valence-corrected chi connectivity index (χ1v) is 7.87. The van der Waals surface area contributed by atoms with E-state index >= 15 is 0 Å². The van der Waals surface area contributed by atoms with E-state index < -0.39 is 0 Å². The molecule has 2 heterocycles. The van der Waals surface area contributed by atoms with Crippen LogP contribution in [0.1, 0.15) is 5.56 Å². The van der Waals surface area contributed by atoms with E-state index in [1.807, 2.05) is 19.3 Å². The molecule has 0 unspecified atom stereocenters. The number of hydrogen-bond donors (Lipinski definition) is 1. The molecule has 0 aliphatic carbocycles. The zero-order valence-electron chi connectivity index (χ0n) is 13.7. The summed E-state index contributed by atoms with van der Waals surface area (Å²) in [5, 5.41) is 6.51. The van der Waals surface area contributed by atoms with Gasteiger partial charge in [-0.05, 0) is 35.6 Å². The summed E-state index contributed by atoms with van der Waals surface area (Å²) in [6.07, 6.45) is 3.73. The van der Waals surface area contributed by atoms with Crippen LogP contribution in [0.25, 0.3) is 33.2 Å². The number of rotatable bonds is 2. The number of anilines is 1. The van der Waals surface area contributed by atoms with E-state index in [1.165, 1.54) is 11.1 Å². The van der Waals surface area contributed by atoms with E-state index in [4.69, 9.17) is 5.73 Å². The standard InChI is InChI=1S/C20H18N4/c1-13-4-3-5-14(10-13)15-6-7-16-17(11-15)20(21)22-12-18(16)19-8-9-24(2)23-19/h3-12H,1-2H3,(H2,21,22). The number of nitrogens with two attached hydrogens (primary N) is 1. The van der Waals surface area contributed by atoms with Gasteiger partial charge in [0.05, 0.1) is 5.69 Å². The molecule has 0 aliphatic heterocycles. The second-order valence-electron chi connectivity index (χ2n) is 6.06. The van der Waals surface area contributed by atoms with Crippen LogP contribution >= 0.6 is 0 Å². The maximum absolute atomic E-state index is 6.15. The Balaban J connectivity index is 1.93. The van der Waals surface area contributed by atoms with E-state index in [9.17, 15) is 0 Å². The molecular formula is C20H18N4. The summed E-state index contributed by atoms with van der Waals surface area (Å²) in [5.74, 6) is 0.541. The lowest BCUT2D eigenvalue weighted by atomic mass is 9.98. The van der Waals surface area contributed by atoms with E-state index in [-0.39, 0.29) is 0 Å². The van der Waals surface area contributed by atoms with Crippen LogP contribution in [0.4, 0.5) is 5.82 Å². The lowest BCUT2D eigenvalue weighted by Gasteiger charge is -2.09. The van der Waals surface area contributed by atoms with Gasteiger partial charge in [-0.2, -0.15) is 5.10 Å². The van der Waals surface area contributed by atoms with Gasteiger partial charge in [-0.25, -0.2) is 4.98 Å². The molecule has 0 bridgehead atoms. The fourth-order valence-electron chi connectivity index (χ4n) is 3.03. The van der Waals surface area contributed by atoms with Crippen molar-refractivity contribution in [3.8, 4) is 22.4 Å². The quantitative estimate of drug-likeness (QED) is 0.603. The van der Waals surface area contributed by atoms with Gasteiger partial charge in [0, 0.05) is 30.4 Å². The van der Waals surface area contributed by atoms with Crippen LogP contribution in [0, 0.1) is 6.92 Å². The van der Waals surface area contributed by atoms with Crippen molar-refractivity contribution in [1.82, 2.24) is 14.8 Å². The fraction of sp³-hybridized carbons (Fsp3) is 0.100. The van der Waals surface area contributed by atoms with Gasteiger partial charge in [-0.15, -0.1) is 0 Å². The second-order valence-corrected chi connectivity index (χ2v) is 6.06. The predicted octanol–water partition coefficient (Wildman–Crippen LogP) is 4.19. The van der Waals surface area contributed by atoms with Crippen molar-refractivity contribution in [2.24, 2.45) is 7.05 Å². The molecule has 2 aromatic heterocycles. The minimum atomic E-state index is 0.541. The molecule has 24 heavy (non-hydrogen) atoms. The number of fused-ring (bicyclic) bond motifs is 1. The number of aryl methyl sites for hydroxylation is 2. The Labute approximate surface area is 140 Å². The van der Waals surface area contributed by atoms with Gasteiger partial charge < -0.3 is 5.73 Å². The van der Waals surface area contributed by atoms with Crippen molar-refractivity contribution in [2.75, 3.05) is 5.73 Å². The Kier molecular flexibility index (Phi) is 3.31. The lowest BCUT2D eigenvalue weighted by Crippen LogP contribution is -1.95. The summed E-state index contributed by atoms with van der Waals surface area (Å²) in [7, 11) is 1.91. The molecule has 0 saturated heterocycles. The van der Waals surface area contributed by atoms with E-state index in [1.54, 1.807) is 10.9 Å². The van der Waals surface area contributed by atoms with Crippen LogP contribution in [-0.2, 0) is 7.05 Å². The van der Waals surface area contributed by atoms with E-state index in [0.717, 1.165) is 27.6 Å². The summed E-state index contributed by atoms with van der Waals surface area (Å²) in [6.45, 7) is 2.10. The minimum absolute atomic E-state index is 0.541. The van der Waals surface area contributed by atoms with Crippen molar-refractivity contribution < 1.29 is 0 Å². The number of pyridine rings is 1. The molecule has 0 fully saturated rings. The van der Waals surface area contributed by atoms with Crippen LogP contribution in [0.3, 0.4) is 0 Å². The van der Waals surface area contributed by atoms with E-state index in [0.29, 0.717) is 5.82 Å². The Morgan fingerprint density at radius 1 is 0.958 bits per heavy atom. The highest BCUT2D eigenvalue weighted by atomic mass is 15.2. The van der Waals surface area contributed by atoms with Gasteiger partial charge in [-0.1, -0.05) is 42.0 Å². The number of hydrogen-bond acceptors (Lipinski definition) is 3. The smallest absolute Gasteiger partial charge is 0.131 e. The number of benzene rings is 2. The van der Waals surface area contributed by atoms with Gasteiger partial charge in [0.2, 0.25) is 0 Å². The Bertz CT molecular complexity index is 1050. The Hall–Kier alpha value is -3.14. The molecule has 4 aromatic rings. The van der Waals surface area contributed by atoms with Crippen molar-refractivity contribution in [3.63, 3.8) is 0 Å². The molecule has 0 saturated carbocycles. The zero-order valence-corrected chi connectivity index (χ0v) is 13.7. The van der Waals surface area contributed by atoms with Gasteiger partial charge in [0.1, 0.15) is 5.82 Å². The number of aromatic nitrogens is 3. The SMILES string of the molecule is Cc1cccc(-c2ccc3c(-c4ccn(C)n4)cnc(N)c3c2)c1. The molecule has 0 amide bonds. The summed E-state index contributed by atoms with van der Waals surface area (Å²) >= 11 is 0. The molecule has 4 nitrogen and oxygen atoms in total. The van der Waals surface area contributed by atoms with Crippen LogP contribution in [0.5, 0.6) is 0 Å². The highest BCUT2D eigenvalue weighted by molar-refractivity contribution is 6.02. The first kappa shape index (κ1) is 14.5. The lowest BCUT2D eigenvalue weighted by molar-refractivity contribution is 0.771. The highest BCUT2D eigenvalue weighted by Crippen LogP contribution is 2.33. The predicted molar refractivity (Wildman–Crippen MR) is 98.5 cm³/mol. The van der Waals surface area contributed by atoms with Crippen LogP contribution < -0.4 is 5.73 Å². The molecule has 0 radical (unpaired) electrons. The fourth-order valence-corrected chi connectivity index (χ4v) is 3.03. The van der Waals surface area contributed by atoms with Crippen molar-refractivity contribution >= 4 is 16.6 Å². The molecular weight excluding hydrogens is 296 g/mol. The van der Waals surface area contributed by atoms with Gasteiger partial charge in [-0.3, -0.25) is 4.68 Å². The largest absolute Gasteiger partial charge is 0.383 e. The second kappa shape index (κ2) is 5.49. The highest BCUT2D eigenvalue weighted by Gasteiger charge is 2.11. The maximum Gasteiger partial charge on any atom is 0.131 e. The molecule has 0 aliphatic rings. The third-order valence-corrected chi connectivity index (χ3v) is 4.26. The minimum Gasteiger partial charge on any atom is -0.383 e. The zero-order chi connectivity index (χ0) is 16.7. The maximum atomic E-state index is 6.15. The monoisotopic (exact) mass is 314 g/mol. The average molecular weight is 314 g/mol. The first-order chi connectivity index (χ1) is 11.6. The van der Waals surface area contributed by atoms with Crippen LogP contribution in [-0.4, -0.2) is 14.8 Å². The third-order valence-electron chi connectivity index (χ3n) is 4.26. The molecule has 2 aromatic carbocycles. The average Bonchev–Trinajstić information content (AvgIpc) is 3.01. The van der Waals surface area contributed by atoms with E-state index in [2.05, 4.69) is 59.5 Å². The summed E-state index contributed by atoms with van der Waals surface area (Å²) in [5.41, 5.74) is 11.6. The molecule has 2 N–H and O–H groups in total. The molecule has 4 heteroatoms. The van der Waals surface area contributed by atoms with Gasteiger partial charge in [0.15, 0.2) is 0 Å². The normalized spacial score (nSPS) is 11.1. The summed E-state index contributed by atoms with van der Waals surface area (Å²) < 4.78 is 1.79. The van der Waals surface area contributed by atoms with Gasteiger partial charge in [0.25, 0.3) is 0 Å². The summed E-state index contributed by atoms with van der Waals surface area (Å²) in [6, 6.07) is 16.8. The Morgan fingerprint density at radius 3 is 2.54 bits per heavy atom. The first-order valence-electron chi connectivity index (χ1n) is 7.87. The third kappa shape index (κ3) is 2.42.